The third-order valence-electron chi connectivity index (χ3n) is 5.79. The first-order valence-electron chi connectivity index (χ1n) is 10.1. The maximum atomic E-state index is 12.6. The standard InChI is InChI=1S/C23H26N2O4/c1-16(23(27)24-14-17-7-8-20-21(13-17)29-15-28-20)25-11-9-19(10-12-25)22(26)18-5-3-2-4-6-18/h2-8,13,16,19H,9-12,14-15H2,1H3,(H,24,27). The highest BCUT2D eigenvalue weighted by molar-refractivity contribution is 5.97. The average Bonchev–Trinajstić information content (AvgIpc) is 3.25. The fourth-order valence-corrected chi connectivity index (χ4v) is 3.94. The van der Waals surface area contributed by atoms with E-state index < -0.39 is 0 Å². The third kappa shape index (κ3) is 4.43. The first kappa shape index (κ1) is 19.5. The molecule has 1 unspecified atom stereocenters. The number of carbonyl (C=O) groups is 2. The summed E-state index contributed by atoms with van der Waals surface area (Å²) in [5.74, 6) is 1.70. The molecule has 0 aliphatic carbocycles. The van der Waals surface area contributed by atoms with Crippen molar-refractivity contribution in [2.75, 3.05) is 19.9 Å². The van der Waals surface area contributed by atoms with Gasteiger partial charge in [0.15, 0.2) is 17.3 Å². The molecule has 0 aromatic heterocycles. The van der Waals surface area contributed by atoms with Gasteiger partial charge in [0.25, 0.3) is 0 Å². The average molecular weight is 394 g/mol. The Morgan fingerprint density at radius 1 is 1.07 bits per heavy atom. The molecule has 1 atom stereocenters. The zero-order valence-electron chi connectivity index (χ0n) is 16.6. The molecule has 0 radical (unpaired) electrons. The van der Waals surface area contributed by atoms with Crippen LogP contribution in [0.4, 0.5) is 0 Å². The monoisotopic (exact) mass is 394 g/mol. The number of rotatable bonds is 6. The molecule has 1 saturated heterocycles. The molecule has 6 heteroatoms. The second-order valence-electron chi connectivity index (χ2n) is 7.62. The summed E-state index contributed by atoms with van der Waals surface area (Å²) >= 11 is 0. The van der Waals surface area contributed by atoms with Crippen molar-refractivity contribution in [3.8, 4) is 11.5 Å². The van der Waals surface area contributed by atoms with E-state index in [1.54, 1.807) is 0 Å². The number of fused-ring (bicyclic) bond motifs is 1. The lowest BCUT2D eigenvalue weighted by molar-refractivity contribution is -0.126. The molecule has 0 bridgehead atoms. The lowest BCUT2D eigenvalue weighted by Gasteiger charge is -2.34. The topological polar surface area (TPSA) is 67.9 Å². The second kappa shape index (κ2) is 8.66. The SMILES string of the molecule is CC(C(=O)NCc1ccc2c(c1)OCO2)N1CCC(C(=O)c2ccccc2)CC1. The number of benzene rings is 2. The summed E-state index contributed by atoms with van der Waals surface area (Å²) in [5, 5.41) is 3.00. The van der Waals surface area contributed by atoms with E-state index >= 15 is 0 Å². The number of ketones is 1. The fourth-order valence-electron chi connectivity index (χ4n) is 3.94. The van der Waals surface area contributed by atoms with Crippen molar-refractivity contribution in [1.29, 1.82) is 0 Å². The molecule has 2 aliphatic rings. The predicted octanol–water partition coefficient (Wildman–Crippen LogP) is 3.01. The van der Waals surface area contributed by atoms with Gasteiger partial charge in [0.05, 0.1) is 6.04 Å². The normalized spacial score (nSPS) is 17.7. The van der Waals surface area contributed by atoms with Crippen molar-refractivity contribution in [3.63, 3.8) is 0 Å². The smallest absolute Gasteiger partial charge is 0.237 e. The molecule has 4 rings (SSSR count). The summed E-state index contributed by atoms with van der Waals surface area (Å²) in [6, 6.07) is 14.9. The molecule has 0 spiro atoms. The number of piperidine rings is 1. The highest BCUT2D eigenvalue weighted by Crippen LogP contribution is 2.32. The van der Waals surface area contributed by atoms with Gasteiger partial charge in [-0.1, -0.05) is 36.4 Å². The van der Waals surface area contributed by atoms with Crippen LogP contribution in [-0.4, -0.2) is 42.5 Å². The molecule has 152 valence electrons. The van der Waals surface area contributed by atoms with Crippen LogP contribution in [0.25, 0.3) is 0 Å². The number of hydrogen-bond donors (Lipinski definition) is 1. The van der Waals surface area contributed by atoms with Gasteiger partial charge in [-0.15, -0.1) is 0 Å². The maximum Gasteiger partial charge on any atom is 0.237 e. The summed E-state index contributed by atoms with van der Waals surface area (Å²) in [5.41, 5.74) is 1.75. The Kier molecular flexibility index (Phi) is 5.81. The second-order valence-corrected chi connectivity index (χ2v) is 7.62. The molecule has 1 fully saturated rings. The molecule has 1 amide bonds. The lowest BCUT2D eigenvalue weighted by atomic mass is 9.88. The molecule has 1 N–H and O–H groups in total. The van der Waals surface area contributed by atoms with Gasteiger partial charge >= 0.3 is 0 Å². The number of hydrogen-bond acceptors (Lipinski definition) is 5. The number of nitrogens with one attached hydrogen (secondary N) is 1. The summed E-state index contributed by atoms with van der Waals surface area (Å²) in [7, 11) is 0. The molecule has 29 heavy (non-hydrogen) atoms. The van der Waals surface area contributed by atoms with Crippen LogP contribution in [-0.2, 0) is 11.3 Å². The largest absolute Gasteiger partial charge is 0.454 e. The van der Waals surface area contributed by atoms with Crippen LogP contribution in [0.1, 0.15) is 35.7 Å². The molecule has 2 aliphatic heterocycles. The van der Waals surface area contributed by atoms with Gasteiger partial charge in [-0.25, -0.2) is 0 Å². The van der Waals surface area contributed by atoms with Crippen molar-refractivity contribution >= 4 is 11.7 Å². The molecule has 6 nitrogen and oxygen atoms in total. The van der Waals surface area contributed by atoms with Gasteiger partial charge < -0.3 is 14.8 Å². The Labute approximate surface area is 170 Å². The Morgan fingerprint density at radius 2 is 1.79 bits per heavy atom. The molecule has 0 saturated carbocycles. The highest BCUT2D eigenvalue weighted by Gasteiger charge is 2.30. The number of Topliss-reactive ketones (excluding diaryl/α,β-unsaturated/α-hetero) is 1. The fraction of sp³-hybridized carbons (Fsp3) is 0.391. The van der Waals surface area contributed by atoms with Crippen molar-refractivity contribution in [1.82, 2.24) is 10.2 Å². The Bertz CT molecular complexity index is 876. The van der Waals surface area contributed by atoms with E-state index in [-0.39, 0.29) is 30.4 Å². The van der Waals surface area contributed by atoms with Crippen LogP contribution in [0.5, 0.6) is 11.5 Å². The van der Waals surface area contributed by atoms with E-state index in [4.69, 9.17) is 9.47 Å². The third-order valence-corrected chi connectivity index (χ3v) is 5.79. The van der Waals surface area contributed by atoms with Crippen LogP contribution < -0.4 is 14.8 Å². The maximum absolute atomic E-state index is 12.6. The number of likely N-dealkylation sites (tertiary alicyclic amines) is 1. The Morgan fingerprint density at radius 3 is 2.55 bits per heavy atom. The Balaban J connectivity index is 1.26. The summed E-state index contributed by atoms with van der Waals surface area (Å²) in [6.07, 6.45) is 1.57. The molecule has 2 heterocycles. The number of ether oxygens (including phenoxy) is 2. The van der Waals surface area contributed by atoms with Gasteiger partial charge in [-0.2, -0.15) is 0 Å². The molecule has 2 aromatic rings. The summed E-state index contributed by atoms with van der Waals surface area (Å²) in [4.78, 5) is 27.4. The van der Waals surface area contributed by atoms with Crippen LogP contribution in [0.3, 0.4) is 0 Å². The minimum atomic E-state index is -0.225. The van der Waals surface area contributed by atoms with E-state index in [2.05, 4.69) is 10.2 Å². The van der Waals surface area contributed by atoms with Gasteiger partial charge in [0, 0.05) is 18.0 Å². The zero-order chi connectivity index (χ0) is 20.2. The van der Waals surface area contributed by atoms with Crippen LogP contribution in [0.15, 0.2) is 48.5 Å². The molecule has 2 aromatic carbocycles. The van der Waals surface area contributed by atoms with Crippen molar-refractivity contribution in [2.45, 2.75) is 32.4 Å². The van der Waals surface area contributed by atoms with Crippen LogP contribution in [0, 0.1) is 5.92 Å². The van der Waals surface area contributed by atoms with E-state index in [0.717, 1.165) is 48.6 Å². The van der Waals surface area contributed by atoms with E-state index in [9.17, 15) is 9.59 Å². The number of nitrogens with zero attached hydrogens (tertiary/aromatic N) is 1. The lowest BCUT2D eigenvalue weighted by Crippen LogP contribution is -2.48. The van der Waals surface area contributed by atoms with Crippen LogP contribution >= 0.6 is 0 Å². The first-order valence-corrected chi connectivity index (χ1v) is 10.1. The molecular formula is C23H26N2O4. The van der Waals surface area contributed by atoms with E-state index in [1.807, 2.05) is 55.5 Å². The zero-order valence-corrected chi connectivity index (χ0v) is 16.6. The molecular weight excluding hydrogens is 368 g/mol. The number of amides is 1. The van der Waals surface area contributed by atoms with E-state index in [1.165, 1.54) is 0 Å². The van der Waals surface area contributed by atoms with Gasteiger partial charge in [0.1, 0.15) is 0 Å². The van der Waals surface area contributed by atoms with Crippen molar-refractivity contribution in [2.24, 2.45) is 5.92 Å². The van der Waals surface area contributed by atoms with Gasteiger partial charge in [-0.3, -0.25) is 14.5 Å². The van der Waals surface area contributed by atoms with Gasteiger partial charge in [0.2, 0.25) is 12.7 Å². The van der Waals surface area contributed by atoms with Crippen LogP contribution in [0.2, 0.25) is 0 Å². The summed E-state index contributed by atoms with van der Waals surface area (Å²) in [6.45, 7) is 4.12. The highest BCUT2D eigenvalue weighted by atomic mass is 16.7. The predicted molar refractivity (Wildman–Crippen MR) is 109 cm³/mol. The Hall–Kier alpha value is -2.86. The van der Waals surface area contributed by atoms with Gasteiger partial charge in [-0.05, 0) is 50.6 Å². The summed E-state index contributed by atoms with van der Waals surface area (Å²) < 4.78 is 10.7. The quantitative estimate of drug-likeness (QED) is 0.763. The van der Waals surface area contributed by atoms with Crippen molar-refractivity contribution in [3.05, 3.63) is 59.7 Å². The first-order chi connectivity index (χ1) is 14.1. The van der Waals surface area contributed by atoms with Crippen molar-refractivity contribution < 1.29 is 19.1 Å². The van der Waals surface area contributed by atoms with E-state index in [0.29, 0.717) is 6.54 Å². The number of carbonyl (C=O) groups excluding carboxylic acids is 2. The minimum Gasteiger partial charge on any atom is -0.454 e. The minimum absolute atomic E-state index is 0.00416.